The molecule has 1 rings (SSSR count). The molecule has 0 aliphatic heterocycles. The first-order chi connectivity index (χ1) is 9.77. The van der Waals surface area contributed by atoms with Crippen LogP contribution in [0.15, 0.2) is 17.1 Å². The number of hydrogen-bond acceptors (Lipinski definition) is 5. The molecule has 0 atom stereocenters. The molecule has 0 unspecified atom stereocenters. The predicted molar refractivity (Wildman–Crippen MR) is 79.7 cm³/mol. The van der Waals surface area contributed by atoms with Crippen molar-refractivity contribution >= 4 is 11.7 Å². The molecule has 1 heterocycles. The van der Waals surface area contributed by atoms with E-state index >= 15 is 0 Å². The molecule has 7 nitrogen and oxygen atoms in total. The van der Waals surface area contributed by atoms with Crippen LogP contribution in [-0.2, 0) is 16.1 Å². The summed E-state index contributed by atoms with van der Waals surface area (Å²) in [4.78, 5) is 24.9. The van der Waals surface area contributed by atoms with E-state index in [2.05, 4.69) is 5.10 Å². The van der Waals surface area contributed by atoms with Crippen LogP contribution < -0.4 is 10.5 Å². The summed E-state index contributed by atoms with van der Waals surface area (Å²) in [6.07, 6.45) is 1.94. The van der Waals surface area contributed by atoms with Crippen molar-refractivity contribution < 1.29 is 14.6 Å². The molecule has 118 valence electrons. The number of carbonyl (C=O) groups is 1. The maximum Gasteiger partial charge on any atom is 0.309 e. The van der Waals surface area contributed by atoms with Gasteiger partial charge in [-0.25, -0.2) is 4.68 Å². The van der Waals surface area contributed by atoms with E-state index in [0.717, 1.165) is 0 Å². The van der Waals surface area contributed by atoms with Gasteiger partial charge in [-0.1, -0.05) is 0 Å². The van der Waals surface area contributed by atoms with Gasteiger partial charge in [-0.05, 0) is 20.3 Å². The summed E-state index contributed by atoms with van der Waals surface area (Å²) in [5.74, 6) is -0.883. The van der Waals surface area contributed by atoms with Gasteiger partial charge in [0.25, 0.3) is 5.56 Å². The Bertz CT molecular complexity index is 539. The normalized spacial score (nSPS) is 11.4. The van der Waals surface area contributed by atoms with Crippen LogP contribution in [0.1, 0.15) is 20.3 Å². The molecule has 1 aromatic rings. The second-order valence-electron chi connectivity index (χ2n) is 5.63. The Hall–Kier alpha value is -1.89. The van der Waals surface area contributed by atoms with Gasteiger partial charge in [0, 0.05) is 33.3 Å². The minimum absolute atomic E-state index is 0.238. The van der Waals surface area contributed by atoms with Crippen LogP contribution in [0.5, 0.6) is 0 Å². The number of aryl methyl sites for hydroxylation is 1. The van der Waals surface area contributed by atoms with Crippen LogP contribution in [-0.4, -0.2) is 48.2 Å². The lowest BCUT2D eigenvalue weighted by atomic mass is 9.90. The summed E-state index contributed by atoms with van der Waals surface area (Å²) in [6, 6.07) is 1.50. The van der Waals surface area contributed by atoms with Gasteiger partial charge in [-0.3, -0.25) is 9.59 Å². The Labute approximate surface area is 124 Å². The van der Waals surface area contributed by atoms with Crippen LogP contribution in [0.4, 0.5) is 5.69 Å². The average Bonchev–Trinajstić information content (AvgIpc) is 2.43. The number of carboxylic acids is 1. The maximum absolute atomic E-state index is 12.0. The maximum atomic E-state index is 12.0. The lowest BCUT2D eigenvalue weighted by molar-refractivity contribution is -0.147. The first-order valence-electron chi connectivity index (χ1n) is 6.78. The van der Waals surface area contributed by atoms with Crippen molar-refractivity contribution in [2.24, 2.45) is 5.41 Å². The number of aliphatic carboxylic acids is 1. The fraction of sp³-hybridized carbons (Fsp3) is 0.643. The molecule has 21 heavy (non-hydrogen) atoms. The summed E-state index contributed by atoms with van der Waals surface area (Å²) >= 11 is 0. The molecule has 0 spiro atoms. The number of nitrogens with zero attached hydrogens (tertiary/aromatic N) is 3. The second kappa shape index (κ2) is 7.21. The molecule has 0 aliphatic carbocycles. The fourth-order valence-electron chi connectivity index (χ4n) is 1.65. The summed E-state index contributed by atoms with van der Waals surface area (Å²) < 4.78 is 6.28. The topological polar surface area (TPSA) is 84.7 Å². The van der Waals surface area contributed by atoms with Crippen molar-refractivity contribution in [3.63, 3.8) is 0 Å². The highest BCUT2D eigenvalue weighted by Crippen LogP contribution is 2.20. The van der Waals surface area contributed by atoms with Crippen LogP contribution in [0, 0.1) is 5.41 Å². The van der Waals surface area contributed by atoms with Gasteiger partial charge in [0.05, 0.1) is 23.9 Å². The zero-order valence-electron chi connectivity index (χ0n) is 13.0. The molecule has 1 aromatic heterocycles. The zero-order chi connectivity index (χ0) is 16.0. The van der Waals surface area contributed by atoms with E-state index in [9.17, 15) is 9.59 Å². The van der Waals surface area contributed by atoms with Gasteiger partial charge in [0.2, 0.25) is 0 Å². The van der Waals surface area contributed by atoms with Gasteiger partial charge in [0.1, 0.15) is 0 Å². The molecule has 0 amide bonds. The molecule has 0 aromatic carbocycles. The minimum Gasteiger partial charge on any atom is -0.481 e. The van der Waals surface area contributed by atoms with Gasteiger partial charge in [-0.15, -0.1) is 0 Å². The van der Waals surface area contributed by atoms with Crippen molar-refractivity contribution in [3.8, 4) is 0 Å². The smallest absolute Gasteiger partial charge is 0.309 e. The third-order valence-electron chi connectivity index (χ3n) is 3.45. The molecule has 0 saturated heterocycles. The van der Waals surface area contributed by atoms with E-state index in [-0.39, 0.29) is 12.1 Å². The number of anilines is 1. The number of hydrogen-bond donors (Lipinski definition) is 1. The van der Waals surface area contributed by atoms with E-state index in [0.29, 0.717) is 25.3 Å². The van der Waals surface area contributed by atoms with E-state index in [1.165, 1.54) is 10.7 Å². The molecule has 0 fully saturated rings. The standard InChI is InChI=1S/C14H23N3O4/c1-14(2,13(19)20)5-6-17-12(18)9-11(10-15-17)16(3)7-8-21-4/h9-10H,5-8H2,1-4H3,(H,19,20). The highest BCUT2D eigenvalue weighted by Gasteiger charge is 2.26. The molecular weight excluding hydrogens is 274 g/mol. The largest absolute Gasteiger partial charge is 0.481 e. The van der Waals surface area contributed by atoms with E-state index in [1.807, 2.05) is 11.9 Å². The summed E-state index contributed by atoms with van der Waals surface area (Å²) in [6.45, 7) is 4.76. The van der Waals surface area contributed by atoms with Crippen molar-refractivity contribution in [3.05, 3.63) is 22.6 Å². The SMILES string of the molecule is COCCN(C)c1cnn(CCC(C)(C)C(=O)O)c(=O)c1. The van der Waals surface area contributed by atoms with Gasteiger partial charge < -0.3 is 14.7 Å². The average molecular weight is 297 g/mol. The van der Waals surface area contributed by atoms with E-state index < -0.39 is 11.4 Å². The molecular formula is C14H23N3O4. The van der Waals surface area contributed by atoms with Crippen LogP contribution in [0.2, 0.25) is 0 Å². The Morgan fingerprint density at radius 3 is 2.71 bits per heavy atom. The van der Waals surface area contributed by atoms with Crippen LogP contribution in [0.25, 0.3) is 0 Å². The van der Waals surface area contributed by atoms with Gasteiger partial charge in [0.15, 0.2) is 0 Å². The lowest BCUT2D eigenvalue weighted by Crippen LogP contribution is -2.31. The third kappa shape index (κ3) is 4.86. The summed E-state index contributed by atoms with van der Waals surface area (Å²) in [7, 11) is 3.47. The number of likely N-dealkylation sites (N-methyl/N-ethyl adjacent to an activating group) is 1. The molecule has 0 radical (unpaired) electrons. The fourth-order valence-corrected chi connectivity index (χ4v) is 1.65. The number of ether oxygens (including phenoxy) is 1. The highest BCUT2D eigenvalue weighted by molar-refractivity contribution is 5.73. The monoisotopic (exact) mass is 297 g/mol. The number of methoxy groups -OCH3 is 1. The molecule has 1 N–H and O–H groups in total. The number of carboxylic acid groups (broad SMARTS) is 1. The van der Waals surface area contributed by atoms with Crippen molar-refractivity contribution in [2.45, 2.75) is 26.8 Å². The molecule has 0 bridgehead atoms. The summed E-state index contributed by atoms with van der Waals surface area (Å²) in [5, 5.41) is 13.2. The van der Waals surface area contributed by atoms with Gasteiger partial charge >= 0.3 is 5.97 Å². The lowest BCUT2D eigenvalue weighted by Gasteiger charge is -2.20. The first-order valence-corrected chi connectivity index (χ1v) is 6.78. The molecule has 0 saturated carbocycles. The van der Waals surface area contributed by atoms with Crippen molar-refractivity contribution in [1.29, 1.82) is 0 Å². The van der Waals surface area contributed by atoms with Crippen molar-refractivity contribution in [1.82, 2.24) is 9.78 Å². The van der Waals surface area contributed by atoms with E-state index in [1.54, 1.807) is 27.2 Å². The quantitative estimate of drug-likeness (QED) is 0.765. The Morgan fingerprint density at radius 1 is 1.52 bits per heavy atom. The van der Waals surface area contributed by atoms with E-state index in [4.69, 9.17) is 9.84 Å². The second-order valence-corrected chi connectivity index (χ2v) is 5.63. The molecule has 7 heteroatoms. The molecule has 0 aliphatic rings. The van der Waals surface area contributed by atoms with Crippen molar-refractivity contribution in [2.75, 3.05) is 32.2 Å². The van der Waals surface area contributed by atoms with Crippen LogP contribution in [0.3, 0.4) is 0 Å². The summed E-state index contributed by atoms with van der Waals surface area (Å²) in [5.41, 5.74) is -0.404. The Morgan fingerprint density at radius 2 is 2.19 bits per heavy atom. The highest BCUT2D eigenvalue weighted by atomic mass is 16.5. The van der Waals surface area contributed by atoms with Crippen LogP contribution >= 0.6 is 0 Å². The minimum atomic E-state index is -0.883. The Kier molecular flexibility index (Phi) is 5.90. The number of rotatable bonds is 8. The third-order valence-corrected chi connectivity index (χ3v) is 3.45. The number of aromatic nitrogens is 2. The van der Waals surface area contributed by atoms with Gasteiger partial charge in [-0.2, -0.15) is 5.10 Å². The predicted octanol–water partition coefficient (Wildman–Crippen LogP) is 0.827. The first kappa shape index (κ1) is 17.2. The Balaban J connectivity index is 2.75. The zero-order valence-corrected chi connectivity index (χ0v) is 13.0.